The number of hydrogen-bond acceptors (Lipinski definition) is 5. The van der Waals surface area contributed by atoms with Crippen molar-refractivity contribution in [3.8, 4) is 5.75 Å². The number of carbonyl (C=O) groups excluding carboxylic acids is 2. The lowest BCUT2D eigenvalue weighted by Crippen LogP contribution is -2.42. The normalized spacial score (nSPS) is 10.8. The predicted molar refractivity (Wildman–Crippen MR) is 59.5 cm³/mol. The molecule has 1 aromatic carbocycles. The van der Waals surface area contributed by atoms with Crippen LogP contribution in [0.4, 0.5) is 0 Å². The van der Waals surface area contributed by atoms with E-state index in [9.17, 15) is 14.7 Å². The molecule has 0 atom stereocenters. The average molecular weight is 238 g/mol. The van der Waals surface area contributed by atoms with Crippen LogP contribution in [0.3, 0.4) is 0 Å². The smallest absolute Gasteiger partial charge is 0.327 e. The standard InChI is InChI=1S/C12H14O5/c1-12(10(14)16-2,11(15)17-3)8-4-6-9(13)7-5-8/h4-7,13H,1-3H3. The Morgan fingerprint density at radius 2 is 1.47 bits per heavy atom. The summed E-state index contributed by atoms with van der Waals surface area (Å²) < 4.78 is 9.24. The maximum atomic E-state index is 11.7. The topological polar surface area (TPSA) is 72.8 Å². The van der Waals surface area contributed by atoms with Crippen LogP contribution in [0.1, 0.15) is 12.5 Å². The summed E-state index contributed by atoms with van der Waals surface area (Å²) in [5.74, 6) is -1.38. The molecule has 0 unspecified atom stereocenters. The van der Waals surface area contributed by atoms with Crippen molar-refractivity contribution >= 4 is 11.9 Å². The van der Waals surface area contributed by atoms with Gasteiger partial charge in [0.15, 0.2) is 5.41 Å². The first-order valence-electron chi connectivity index (χ1n) is 4.93. The van der Waals surface area contributed by atoms with Crippen molar-refractivity contribution in [2.24, 2.45) is 0 Å². The minimum Gasteiger partial charge on any atom is -0.508 e. The van der Waals surface area contributed by atoms with E-state index in [1.165, 1.54) is 45.4 Å². The Bertz CT molecular complexity index is 405. The number of hydrogen-bond donors (Lipinski definition) is 1. The maximum Gasteiger partial charge on any atom is 0.327 e. The summed E-state index contributed by atoms with van der Waals surface area (Å²) in [5, 5.41) is 9.18. The van der Waals surface area contributed by atoms with Crippen LogP contribution in [-0.2, 0) is 24.5 Å². The second-order valence-corrected chi connectivity index (χ2v) is 3.66. The Morgan fingerprint density at radius 3 is 1.82 bits per heavy atom. The van der Waals surface area contributed by atoms with Gasteiger partial charge in [0.25, 0.3) is 0 Å². The molecular weight excluding hydrogens is 224 g/mol. The van der Waals surface area contributed by atoms with Crippen molar-refractivity contribution in [1.29, 1.82) is 0 Å². The molecule has 0 bridgehead atoms. The molecule has 1 aromatic rings. The lowest BCUT2D eigenvalue weighted by atomic mass is 9.82. The molecule has 0 aromatic heterocycles. The summed E-state index contributed by atoms with van der Waals surface area (Å²) in [6.07, 6.45) is 0. The highest BCUT2D eigenvalue weighted by molar-refractivity contribution is 6.05. The Hall–Kier alpha value is -2.04. The number of aromatic hydroxyl groups is 1. The second kappa shape index (κ2) is 4.86. The van der Waals surface area contributed by atoms with Gasteiger partial charge < -0.3 is 14.6 Å². The number of benzene rings is 1. The molecule has 0 aliphatic rings. The van der Waals surface area contributed by atoms with Gasteiger partial charge in [-0.25, -0.2) is 0 Å². The van der Waals surface area contributed by atoms with Crippen LogP contribution < -0.4 is 0 Å². The van der Waals surface area contributed by atoms with E-state index < -0.39 is 17.4 Å². The largest absolute Gasteiger partial charge is 0.508 e. The van der Waals surface area contributed by atoms with Crippen molar-refractivity contribution in [3.05, 3.63) is 29.8 Å². The van der Waals surface area contributed by atoms with Crippen LogP contribution in [0, 0.1) is 0 Å². The molecule has 5 nitrogen and oxygen atoms in total. The summed E-state index contributed by atoms with van der Waals surface area (Å²) in [5.41, 5.74) is -1.13. The highest BCUT2D eigenvalue weighted by Gasteiger charge is 2.45. The first kappa shape index (κ1) is 13.0. The van der Waals surface area contributed by atoms with Crippen LogP contribution in [0.25, 0.3) is 0 Å². The third-order valence-corrected chi connectivity index (χ3v) is 2.63. The quantitative estimate of drug-likeness (QED) is 0.628. The van der Waals surface area contributed by atoms with Gasteiger partial charge in [-0.15, -0.1) is 0 Å². The van der Waals surface area contributed by atoms with E-state index >= 15 is 0 Å². The molecule has 92 valence electrons. The second-order valence-electron chi connectivity index (χ2n) is 3.66. The van der Waals surface area contributed by atoms with Gasteiger partial charge in [-0.2, -0.15) is 0 Å². The fourth-order valence-electron chi connectivity index (χ4n) is 1.52. The Balaban J connectivity index is 3.28. The SMILES string of the molecule is COC(=O)C(C)(C(=O)OC)c1ccc(O)cc1. The number of phenolic OH excluding ortho intramolecular Hbond substituents is 1. The first-order valence-corrected chi connectivity index (χ1v) is 4.93. The molecule has 0 spiro atoms. The summed E-state index contributed by atoms with van der Waals surface area (Å²) in [4.78, 5) is 23.5. The van der Waals surface area contributed by atoms with Gasteiger partial charge >= 0.3 is 11.9 Å². The molecule has 1 N–H and O–H groups in total. The van der Waals surface area contributed by atoms with E-state index in [4.69, 9.17) is 0 Å². The molecule has 0 fully saturated rings. The van der Waals surface area contributed by atoms with E-state index in [0.717, 1.165) is 0 Å². The van der Waals surface area contributed by atoms with Gasteiger partial charge in [0.05, 0.1) is 14.2 Å². The van der Waals surface area contributed by atoms with E-state index in [2.05, 4.69) is 9.47 Å². The minimum absolute atomic E-state index is 0.0471. The van der Waals surface area contributed by atoms with Crippen molar-refractivity contribution in [2.75, 3.05) is 14.2 Å². The Morgan fingerprint density at radius 1 is 1.06 bits per heavy atom. The highest BCUT2D eigenvalue weighted by atomic mass is 16.5. The fraction of sp³-hybridized carbons (Fsp3) is 0.333. The van der Waals surface area contributed by atoms with E-state index in [1.807, 2.05) is 0 Å². The molecule has 5 heteroatoms. The van der Waals surface area contributed by atoms with Gasteiger partial charge in [-0.1, -0.05) is 12.1 Å². The Labute approximate surface area is 99.0 Å². The Kier molecular flexibility index (Phi) is 3.73. The molecule has 0 saturated heterocycles. The van der Waals surface area contributed by atoms with Crippen molar-refractivity contribution in [3.63, 3.8) is 0 Å². The first-order chi connectivity index (χ1) is 7.96. The number of rotatable bonds is 3. The number of carbonyl (C=O) groups is 2. The highest BCUT2D eigenvalue weighted by Crippen LogP contribution is 2.28. The van der Waals surface area contributed by atoms with Crippen molar-refractivity contribution in [2.45, 2.75) is 12.3 Å². The number of ether oxygens (including phenoxy) is 2. The molecule has 0 aliphatic heterocycles. The zero-order valence-corrected chi connectivity index (χ0v) is 9.89. The van der Waals surface area contributed by atoms with Crippen LogP contribution in [-0.4, -0.2) is 31.3 Å². The van der Waals surface area contributed by atoms with Gasteiger partial charge in [-0.05, 0) is 24.6 Å². The van der Waals surface area contributed by atoms with Crippen LogP contribution in [0.2, 0.25) is 0 Å². The molecule has 0 saturated carbocycles. The fourth-order valence-corrected chi connectivity index (χ4v) is 1.52. The lowest BCUT2D eigenvalue weighted by Gasteiger charge is -2.24. The summed E-state index contributed by atoms with van der Waals surface area (Å²) in [6.45, 7) is 1.41. The number of phenols is 1. The average Bonchev–Trinajstić information content (AvgIpc) is 2.36. The van der Waals surface area contributed by atoms with E-state index in [0.29, 0.717) is 5.56 Å². The third kappa shape index (κ3) is 2.22. The molecule has 0 aliphatic carbocycles. The van der Waals surface area contributed by atoms with E-state index in [1.54, 1.807) is 0 Å². The number of esters is 2. The maximum absolute atomic E-state index is 11.7. The van der Waals surface area contributed by atoms with Gasteiger partial charge in [0, 0.05) is 0 Å². The molecule has 1 rings (SSSR count). The summed E-state index contributed by atoms with van der Waals surface area (Å²) in [7, 11) is 2.40. The molecule has 17 heavy (non-hydrogen) atoms. The monoisotopic (exact) mass is 238 g/mol. The van der Waals surface area contributed by atoms with Gasteiger partial charge in [0.1, 0.15) is 5.75 Å². The van der Waals surface area contributed by atoms with Crippen LogP contribution in [0.15, 0.2) is 24.3 Å². The molecule has 0 radical (unpaired) electrons. The summed E-state index contributed by atoms with van der Waals surface area (Å²) >= 11 is 0. The minimum atomic E-state index is -1.53. The molecule has 0 amide bonds. The molecule has 0 heterocycles. The zero-order chi connectivity index (χ0) is 13.1. The third-order valence-electron chi connectivity index (χ3n) is 2.63. The lowest BCUT2D eigenvalue weighted by molar-refractivity contribution is -0.160. The van der Waals surface area contributed by atoms with Gasteiger partial charge in [-0.3, -0.25) is 9.59 Å². The zero-order valence-electron chi connectivity index (χ0n) is 9.89. The number of methoxy groups -OCH3 is 2. The summed E-state index contributed by atoms with van der Waals surface area (Å²) in [6, 6.07) is 5.73. The van der Waals surface area contributed by atoms with Crippen LogP contribution >= 0.6 is 0 Å². The molecular formula is C12H14O5. The van der Waals surface area contributed by atoms with Crippen molar-refractivity contribution in [1.82, 2.24) is 0 Å². The van der Waals surface area contributed by atoms with Crippen molar-refractivity contribution < 1.29 is 24.2 Å². The van der Waals surface area contributed by atoms with E-state index in [-0.39, 0.29) is 5.75 Å². The van der Waals surface area contributed by atoms with Crippen LogP contribution in [0.5, 0.6) is 5.75 Å². The van der Waals surface area contributed by atoms with Gasteiger partial charge in [0.2, 0.25) is 0 Å². The predicted octanol–water partition coefficient (Wildman–Crippen LogP) is 0.996.